The fourth-order valence-electron chi connectivity index (χ4n) is 3.05. The predicted molar refractivity (Wildman–Crippen MR) is 104 cm³/mol. The Morgan fingerprint density at radius 1 is 1.00 bits per heavy atom. The molecule has 0 spiro atoms. The molecule has 6 heteroatoms. The third-order valence-electron chi connectivity index (χ3n) is 4.40. The van der Waals surface area contributed by atoms with E-state index < -0.39 is 0 Å². The fourth-order valence-corrected chi connectivity index (χ4v) is 3.05. The van der Waals surface area contributed by atoms with E-state index in [2.05, 4.69) is 28.8 Å². The summed E-state index contributed by atoms with van der Waals surface area (Å²) in [6.07, 6.45) is 3.31. The molecule has 0 bridgehead atoms. The van der Waals surface area contributed by atoms with E-state index in [1.165, 1.54) is 6.33 Å². The zero-order valence-electron chi connectivity index (χ0n) is 15.2. The second kappa shape index (κ2) is 7.17. The summed E-state index contributed by atoms with van der Waals surface area (Å²) in [5.41, 5.74) is 3.75. The maximum Gasteiger partial charge on any atom is 0.164 e. The van der Waals surface area contributed by atoms with E-state index in [-0.39, 0.29) is 12.6 Å². The number of aliphatic hydroxyl groups excluding tert-OH is 1. The molecule has 4 rings (SSSR count). The zero-order valence-corrected chi connectivity index (χ0v) is 15.2. The van der Waals surface area contributed by atoms with Gasteiger partial charge < -0.3 is 14.4 Å². The molecule has 0 fully saturated rings. The first-order chi connectivity index (χ1) is 13.2. The minimum Gasteiger partial charge on any atom is -0.457 e. The number of ether oxygens (including phenoxy) is 1. The average molecular weight is 360 g/mol. The Bertz CT molecular complexity index is 1070. The smallest absolute Gasteiger partial charge is 0.164 e. The van der Waals surface area contributed by atoms with Crippen molar-refractivity contribution in [1.82, 2.24) is 19.5 Å². The summed E-state index contributed by atoms with van der Waals surface area (Å²) >= 11 is 0. The molecule has 2 aromatic heterocycles. The number of nitrogens with zero attached hydrogens (tertiary/aromatic N) is 4. The molecule has 0 saturated carbocycles. The Morgan fingerprint density at radius 3 is 2.56 bits per heavy atom. The summed E-state index contributed by atoms with van der Waals surface area (Å²) < 4.78 is 7.88. The van der Waals surface area contributed by atoms with Crippen LogP contribution in [0, 0.1) is 0 Å². The molecule has 2 aromatic carbocycles. The Kier molecular flexibility index (Phi) is 4.56. The Labute approximate surface area is 157 Å². The first-order valence-electron chi connectivity index (χ1n) is 8.82. The highest BCUT2D eigenvalue weighted by atomic mass is 16.5. The van der Waals surface area contributed by atoms with Crippen LogP contribution in [-0.4, -0.2) is 24.6 Å². The molecule has 4 aromatic rings. The molecule has 0 radical (unpaired) electrons. The van der Waals surface area contributed by atoms with Gasteiger partial charge in [-0.2, -0.15) is 0 Å². The maximum atomic E-state index is 9.91. The lowest BCUT2D eigenvalue weighted by Gasteiger charge is -2.12. The van der Waals surface area contributed by atoms with Crippen molar-refractivity contribution in [3.8, 4) is 22.8 Å². The normalized spacial score (nSPS) is 11.3. The topological polar surface area (TPSA) is 73.1 Å². The van der Waals surface area contributed by atoms with E-state index >= 15 is 0 Å². The number of aliphatic hydroxyl groups is 1. The summed E-state index contributed by atoms with van der Waals surface area (Å²) in [7, 11) is 0. The molecule has 0 aliphatic rings. The van der Waals surface area contributed by atoms with Gasteiger partial charge in [-0.1, -0.05) is 18.2 Å². The van der Waals surface area contributed by atoms with Crippen molar-refractivity contribution in [3.63, 3.8) is 0 Å². The predicted octanol–water partition coefficient (Wildman–Crippen LogP) is 4.36. The van der Waals surface area contributed by atoms with E-state index in [4.69, 9.17) is 4.74 Å². The molecule has 1 N–H and O–H groups in total. The van der Waals surface area contributed by atoms with Gasteiger partial charge in [-0.25, -0.2) is 15.0 Å². The Hall–Kier alpha value is -3.25. The lowest BCUT2D eigenvalue weighted by Crippen LogP contribution is -2.01. The van der Waals surface area contributed by atoms with Crippen molar-refractivity contribution in [3.05, 3.63) is 66.7 Å². The van der Waals surface area contributed by atoms with Crippen molar-refractivity contribution in [2.24, 2.45) is 0 Å². The van der Waals surface area contributed by atoms with Crippen molar-refractivity contribution in [2.75, 3.05) is 0 Å². The lowest BCUT2D eigenvalue weighted by molar-refractivity contribution is 0.282. The number of benzene rings is 2. The number of aromatic nitrogens is 4. The van der Waals surface area contributed by atoms with Gasteiger partial charge in [-0.15, -0.1) is 0 Å². The largest absolute Gasteiger partial charge is 0.457 e. The third kappa shape index (κ3) is 3.27. The van der Waals surface area contributed by atoms with E-state index in [1.807, 2.05) is 53.1 Å². The van der Waals surface area contributed by atoms with Crippen molar-refractivity contribution in [1.29, 1.82) is 0 Å². The van der Waals surface area contributed by atoms with E-state index in [1.54, 1.807) is 6.33 Å². The van der Waals surface area contributed by atoms with Gasteiger partial charge >= 0.3 is 0 Å². The first-order valence-corrected chi connectivity index (χ1v) is 8.82. The van der Waals surface area contributed by atoms with Crippen LogP contribution in [0.2, 0.25) is 0 Å². The third-order valence-corrected chi connectivity index (χ3v) is 4.40. The molecule has 0 aliphatic carbocycles. The highest BCUT2D eigenvalue weighted by molar-refractivity contribution is 5.88. The molecule has 0 atom stereocenters. The lowest BCUT2D eigenvalue weighted by atomic mass is 10.0. The summed E-state index contributed by atoms with van der Waals surface area (Å²) in [5, 5.41) is 9.91. The van der Waals surface area contributed by atoms with Crippen LogP contribution in [0.3, 0.4) is 0 Å². The fraction of sp³-hybridized carbons (Fsp3) is 0.190. The Balaban J connectivity index is 1.77. The number of hydrogen-bond donors (Lipinski definition) is 1. The minimum atomic E-state index is -0.127. The van der Waals surface area contributed by atoms with Crippen LogP contribution >= 0.6 is 0 Å². The van der Waals surface area contributed by atoms with Crippen LogP contribution in [0.5, 0.6) is 11.5 Å². The van der Waals surface area contributed by atoms with Gasteiger partial charge in [0.1, 0.15) is 29.0 Å². The standard InChI is InChI=1S/C21H20N4O2/c1-14(2)25-13-24-20-19(22-12-23-21(20)25)18-9-8-17(10-15(18)11-26)27-16-6-4-3-5-7-16/h3-10,12-14,26H,11H2,1-2H3. The highest BCUT2D eigenvalue weighted by Gasteiger charge is 2.16. The second-order valence-electron chi connectivity index (χ2n) is 6.53. The molecule has 0 aliphatic heterocycles. The molecular formula is C21H20N4O2. The van der Waals surface area contributed by atoms with Gasteiger partial charge in [0.05, 0.1) is 12.9 Å². The highest BCUT2D eigenvalue weighted by Crippen LogP contribution is 2.32. The number of imidazole rings is 1. The monoisotopic (exact) mass is 360 g/mol. The Morgan fingerprint density at radius 2 is 1.81 bits per heavy atom. The van der Waals surface area contributed by atoms with E-state index in [0.29, 0.717) is 11.4 Å². The average Bonchev–Trinajstić information content (AvgIpc) is 3.13. The maximum absolute atomic E-state index is 9.91. The van der Waals surface area contributed by atoms with Gasteiger partial charge in [0.25, 0.3) is 0 Å². The van der Waals surface area contributed by atoms with Crippen molar-refractivity contribution in [2.45, 2.75) is 26.5 Å². The van der Waals surface area contributed by atoms with E-state index in [9.17, 15) is 5.11 Å². The summed E-state index contributed by atoms with van der Waals surface area (Å²) in [4.78, 5) is 13.3. The van der Waals surface area contributed by atoms with E-state index in [0.717, 1.165) is 28.0 Å². The van der Waals surface area contributed by atoms with Crippen LogP contribution in [0.1, 0.15) is 25.5 Å². The van der Waals surface area contributed by atoms with Gasteiger partial charge in [0.15, 0.2) is 5.65 Å². The van der Waals surface area contributed by atoms with Crippen LogP contribution in [0.15, 0.2) is 61.2 Å². The molecule has 6 nitrogen and oxygen atoms in total. The van der Waals surface area contributed by atoms with Crippen LogP contribution in [0.4, 0.5) is 0 Å². The first kappa shape index (κ1) is 17.2. The van der Waals surface area contributed by atoms with Crippen molar-refractivity contribution >= 4 is 11.2 Å². The minimum absolute atomic E-state index is 0.127. The summed E-state index contributed by atoms with van der Waals surface area (Å²) in [6.45, 7) is 4.03. The van der Waals surface area contributed by atoms with Gasteiger partial charge in [0.2, 0.25) is 0 Å². The van der Waals surface area contributed by atoms with Gasteiger partial charge in [0, 0.05) is 11.6 Å². The van der Waals surface area contributed by atoms with Gasteiger partial charge in [-0.05, 0) is 49.7 Å². The number of hydrogen-bond acceptors (Lipinski definition) is 5. The van der Waals surface area contributed by atoms with Crippen LogP contribution < -0.4 is 4.74 Å². The molecule has 0 saturated heterocycles. The SMILES string of the molecule is CC(C)n1cnc2c(-c3ccc(Oc4ccccc4)cc3CO)ncnc21. The molecule has 0 unspecified atom stereocenters. The summed E-state index contributed by atoms with van der Waals surface area (Å²) in [5.74, 6) is 1.40. The second-order valence-corrected chi connectivity index (χ2v) is 6.53. The molecule has 136 valence electrons. The number of fused-ring (bicyclic) bond motifs is 1. The molecule has 2 heterocycles. The molecule has 27 heavy (non-hydrogen) atoms. The van der Waals surface area contributed by atoms with Crippen molar-refractivity contribution < 1.29 is 9.84 Å². The quantitative estimate of drug-likeness (QED) is 0.572. The van der Waals surface area contributed by atoms with Crippen LogP contribution in [-0.2, 0) is 6.61 Å². The zero-order chi connectivity index (χ0) is 18.8. The summed E-state index contributed by atoms with van der Waals surface area (Å²) in [6, 6.07) is 15.4. The van der Waals surface area contributed by atoms with Crippen LogP contribution in [0.25, 0.3) is 22.4 Å². The molecule has 0 amide bonds. The molecular weight excluding hydrogens is 340 g/mol. The number of rotatable bonds is 5. The number of para-hydroxylation sites is 1. The van der Waals surface area contributed by atoms with Gasteiger partial charge in [-0.3, -0.25) is 0 Å².